The maximum absolute atomic E-state index is 13.1. The molecule has 1 N–H and O–H groups in total. The summed E-state index contributed by atoms with van der Waals surface area (Å²) in [4.78, 5) is 26.7. The molecule has 1 fully saturated rings. The molecular weight excluding hydrogens is 391 g/mol. The first-order valence-corrected chi connectivity index (χ1v) is 9.57. The average Bonchev–Trinajstić information content (AvgIpc) is 3.36. The summed E-state index contributed by atoms with van der Waals surface area (Å²) < 4.78 is 23.6. The summed E-state index contributed by atoms with van der Waals surface area (Å²) in [5.41, 5.74) is 0.643. The number of cyclic esters (lactones) is 1. The quantitative estimate of drug-likeness (QED) is 0.651. The van der Waals surface area contributed by atoms with Gasteiger partial charge in [-0.25, -0.2) is 14.2 Å². The van der Waals surface area contributed by atoms with Gasteiger partial charge in [0.1, 0.15) is 24.3 Å². The summed E-state index contributed by atoms with van der Waals surface area (Å²) in [6.07, 6.45) is 1.14. The van der Waals surface area contributed by atoms with Crippen LogP contribution in [0.2, 0.25) is 0 Å². The molecule has 0 saturated carbocycles. The predicted molar refractivity (Wildman–Crippen MR) is 106 cm³/mol. The SMILES string of the molecule is CC(C)C1COC(=O)N1c1ccnc(N[C@@H](C)c2nc(-c3ccc(F)cc3)no2)n1. The zero-order chi connectivity index (χ0) is 21.3. The fourth-order valence-electron chi connectivity index (χ4n) is 3.13. The van der Waals surface area contributed by atoms with Gasteiger partial charge in [0, 0.05) is 11.8 Å². The third kappa shape index (κ3) is 3.93. The zero-order valence-corrected chi connectivity index (χ0v) is 16.7. The number of carbonyl (C=O) groups excluding carboxylic acids is 1. The van der Waals surface area contributed by atoms with Crippen molar-refractivity contribution in [2.75, 3.05) is 16.8 Å². The lowest BCUT2D eigenvalue weighted by molar-refractivity contribution is 0.177. The van der Waals surface area contributed by atoms with Gasteiger partial charge in [-0.3, -0.25) is 4.90 Å². The van der Waals surface area contributed by atoms with Crippen molar-refractivity contribution in [3.8, 4) is 11.4 Å². The highest BCUT2D eigenvalue weighted by molar-refractivity contribution is 5.89. The van der Waals surface area contributed by atoms with Gasteiger partial charge in [0.15, 0.2) is 0 Å². The maximum Gasteiger partial charge on any atom is 0.415 e. The van der Waals surface area contributed by atoms with Crippen LogP contribution in [0.3, 0.4) is 0 Å². The van der Waals surface area contributed by atoms with Gasteiger partial charge in [-0.2, -0.15) is 9.97 Å². The summed E-state index contributed by atoms with van der Waals surface area (Å²) in [5, 5.41) is 7.04. The standard InChI is InChI=1S/C20H21FN6O3/c1-11(2)15-10-29-20(28)27(15)16-8-9-22-19(24-16)23-12(3)18-25-17(26-30-18)13-4-6-14(21)7-5-13/h4-9,11-12,15H,10H2,1-3H3,(H,22,23,24)/t12-,15?/m0/s1. The highest BCUT2D eigenvalue weighted by Gasteiger charge is 2.37. The lowest BCUT2D eigenvalue weighted by atomic mass is 10.0. The molecule has 0 spiro atoms. The van der Waals surface area contributed by atoms with Crippen LogP contribution in [0.4, 0.5) is 21.0 Å². The number of aromatic nitrogens is 4. The molecule has 1 aromatic carbocycles. The second kappa shape index (κ2) is 8.05. The van der Waals surface area contributed by atoms with Crippen molar-refractivity contribution < 1.29 is 18.4 Å². The minimum atomic E-state index is -0.424. The summed E-state index contributed by atoms with van der Waals surface area (Å²) in [7, 11) is 0. The number of benzene rings is 1. The molecule has 2 atom stereocenters. The molecule has 30 heavy (non-hydrogen) atoms. The molecule has 9 nitrogen and oxygen atoms in total. The Balaban J connectivity index is 1.50. The monoisotopic (exact) mass is 412 g/mol. The van der Waals surface area contributed by atoms with Crippen molar-refractivity contribution in [3.05, 3.63) is 48.2 Å². The van der Waals surface area contributed by atoms with Gasteiger partial charge in [-0.1, -0.05) is 19.0 Å². The van der Waals surface area contributed by atoms with Crippen molar-refractivity contribution in [2.24, 2.45) is 5.92 Å². The van der Waals surface area contributed by atoms with Crippen molar-refractivity contribution in [1.82, 2.24) is 20.1 Å². The van der Waals surface area contributed by atoms with E-state index in [0.717, 1.165) is 0 Å². The van der Waals surface area contributed by atoms with E-state index in [1.807, 2.05) is 20.8 Å². The van der Waals surface area contributed by atoms with E-state index in [1.165, 1.54) is 12.1 Å². The van der Waals surface area contributed by atoms with E-state index >= 15 is 0 Å². The van der Waals surface area contributed by atoms with Crippen molar-refractivity contribution >= 4 is 17.9 Å². The summed E-state index contributed by atoms with van der Waals surface area (Å²) >= 11 is 0. The first-order valence-electron chi connectivity index (χ1n) is 9.57. The third-order valence-electron chi connectivity index (χ3n) is 4.82. The Bertz CT molecular complexity index is 1040. The van der Waals surface area contributed by atoms with Crippen LogP contribution in [-0.2, 0) is 4.74 Å². The number of hydrogen-bond acceptors (Lipinski definition) is 8. The lowest BCUT2D eigenvalue weighted by Crippen LogP contribution is -2.37. The Morgan fingerprint density at radius 1 is 1.17 bits per heavy atom. The normalized spacial score (nSPS) is 17.3. The van der Waals surface area contributed by atoms with Crippen LogP contribution in [-0.4, -0.2) is 38.9 Å². The van der Waals surface area contributed by atoms with Crippen LogP contribution >= 0.6 is 0 Å². The van der Waals surface area contributed by atoms with E-state index in [-0.39, 0.29) is 17.8 Å². The van der Waals surface area contributed by atoms with Crippen LogP contribution in [0.1, 0.15) is 32.7 Å². The Morgan fingerprint density at radius 3 is 2.67 bits per heavy atom. The molecule has 0 radical (unpaired) electrons. The number of halogens is 1. The summed E-state index contributed by atoms with van der Waals surface area (Å²) in [5.74, 6) is 1.32. The molecule has 4 rings (SSSR count). The van der Waals surface area contributed by atoms with Crippen LogP contribution < -0.4 is 10.2 Å². The number of amides is 1. The minimum absolute atomic E-state index is 0.0909. The molecule has 0 bridgehead atoms. The highest BCUT2D eigenvalue weighted by atomic mass is 19.1. The fraction of sp³-hybridized carbons (Fsp3) is 0.350. The number of nitrogens with zero attached hydrogens (tertiary/aromatic N) is 5. The molecule has 3 aromatic rings. The number of rotatable bonds is 6. The van der Waals surface area contributed by atoms with Gasteiger partial charge in [0.2, 0.25) is 17.7 Å². The van der Waals surface area contributed by atoms with Crippen LogP contribution in [0.5, 0.6) is 0 Å². The van der Waals surface area contributed by atoms with Crippen molar-refractivity contribution in [1.29, 1.82) is 0 Å². The van der Waals surface area contributed by atoms with E-state index < -0.39 is 12.1 Å². The second-order valence-electron chi connectivity index (χ2n) is 7.33. The van der Waals surface area contributed by atoms with E-state index in [1.54, 1.807) is 29.3 Å². The largest absolute Gasteiger partial charge is 0.447 e. The average molecular weight is 412 g/mol. The molecule has 1 aliphatic heterocycles. The van der Waals surface area contributed by atoms with E-state index in [9.17, 15) is 9.18 Å². The number of ether oxygens (including phenoxy) is 1. The smallest absolute Gasteiger partial charge is 0.415 e. The van der Waals surface area contributed by atoms with Gasteiger partial charge in [-0.15, -0.1) is 0 Å². The molecule has 3 heterocycles. The number of carbonyl (C=O) groups is 1. The van der Waals surface area contributed by atoms with Crippen molar-refractivity contribution in [3.63, 3.8) is 0 Å². The minimum Gasteiger partial charge on any atom is -0.447 e. The van der Waals surface area contributed by atoms with Crippen LogP contribution in [0, 0.1) is 11.7 Å². The molecular formula is C20H21FN6O3. The zero-order valence-electron chi connectivity index (χ0n) is 16.7. The molecule has 1 aliphatic rings. The number of hydrogen-bond donors (Lipinski definition) is 1. The summed E-state index contributed by atoms with van der Waals surface area (Å²) in [6.45, 7) is 6.19. The van der Waals surface area contributed by atoms with Gasteiger partial charge in [0.05, 0.1) is 6.04 Å². The Hall–Kier alpha value is -3.56. The van der Waals surface area contributed by atoms with Gasteiger partial charge >= 0.3 is 6.09 Å². The molecule has 1 unspecified atom stereocenters. The van der Waals surface area contributed by atoms with E-state index in [0.29, 0.717) is 35.7 Å². The first kappa shape index (κ1) is 19.7. The van der Waals surface area contributed by atoms with Gasteiger partial charge < -0.3 is 14.6 Å². The number of nitrogens with one attached hydrogen (secondary N) is 1. The topological polar surface area (TPSA) is 106 Å². The maximum atomic E-state index is 13.1. The molecule has 0 aliphatic carbocycles. The summed E-state index contributed by atoms with van der Waals surface area (Å²) in [6, 6.07) is 7.00. The fourth-order valence-corrected chi connectivity index (χ4v) is 3.13. The van der Waals surface area contributed by atoms with E-state index in [4.69, 9.17) is 9.26 Å². The number of anilines is 2. The molecule has 1 saturated heterocycles. The van der Waals surface area contributed by atoms with Gasteiger partial charge in [-0.05, 0) is 43.2 Å². The van der Waals surface area contributed by atoms with E-state index in [2.05, 4.69) is 25.4 Å². The molecule has 2 aromatic heterocycles. The highest BCUT2D eigenvalue weighted by Crippen LogP contribution is 2.27. The Morgan fingerprint density at radius 2 is 1.93 bits per heavy atom. The Labute approximate surface area is 172 Å². The molecule has 10 heteroatoms. The first-order chi connectivity index (χ1) is 14.4. The van der Waals surface area contributed by atoms with Crippen LogP contribution in [0.25, 0.3) is 11.4 Å². The molecule has 1 amide bonds. The van der Waals surface area contributed by atoms with Crippen molar-refractivity contribution in [2.45, 2.75) is 32.9 Å². The lowest BCUT2D eigenvalue weighted by Gasteiger charge is -2.23. The third-order valence-corrected chi connectivity index (χ3v) is 4.82. The van der Waals surface area contributed by atoms with Gasteiger partial charge in [0.25, 0.3) is 0 Å². The van der Waals surface area contributed by atoms with Crippen LogP contribution in [0.15, 0.2) is 41.1 Å². The predicted octanol–water partition coefficient (Wildman–Crippen LogP) is 3.82. The Kier molecular flexibility index (Phi) is 5.30. The molecule has 156 valence electrons. The second-order valence-corrected chi connectivity index (χ2v) is 7.33.